The van der Waals surface area contributed by atoms with Gasteiger partial charge in [-0.05, 0) is 25.1 Å². The number of carboxylic acid groups (broad SMARTS) is 1. The maximum Gasteiger partial charge on any atom is 0.335 e. The summed E-state index contributed by atoms with van der Waals surface area (Å²) in [6, 6.07) is 3.86. The molecule has 1 aromatic carbocycles. The van der Waals surface area contributed by atoms with Gasteiger partial charge in [0.25, 0.3) is 0 Å². The van der Waals surface area contributed by atoms with Crippen molar-refractivity contribution < 1.29 is 19.7 Å². The Morgan fingerprint density at radius 2 is 2.14 bits per heavy atom. The highest BCUT2D eigenvalue weighted by molar-refractivity contribution is 5.88. The van der Waals surface area contributed by atoms with Crippen LogP contribution < -0.4 is 4.74 Å². The van der Waals surface area contributed by atoms with Crippen LogP contribution in [0.3, 0.4) is 0 Å². The normalized spacial score (nSPS) is 9.50. The van der Waals surface area contributed by atoms with Crippen molar-refractivity contribution in [3.63, 3.8) is 0 Å². The number of allylic oxidation sites excluding steroid dienone is 1. The van der Waals surface area contributed by atoms with Crippen molar-refractivity contribution in [2.45, 2.75) is 6.92 Å². The Morgan fingerprint density at radius 1 is 1.50 bits per heavy atom. The number of rotatable bonds is 3. The Morgan fingerprint density at radius 3 is 2.57 bits per heavy atom. The molecule has 0 unspecified atom stereocenters. The summed E-state index contributed by atoms with van der Waals surface area (Å²) in [5, 5.41) is 18.0. The van der Waals surface area contributed by atoms with E-state index in [1.165, 1.54) is 12.1 Å². The number of hydrogen-bond acceptors (Lipinski definition) is 3. The topological polar surface area (TPSA) is 66.8 Å². The second kappa shape index (κ2) is 3.83. The molecular weight excluding hydrogens is 184 g/mol. The molecular formula is C10H10O4. The zero-order valence-corrected chi connectivity index (χ0v) is 7.65. The fourth-order valence-electron chi connectivity index (χ4n) is 0.924. The van der Waals surface area contributed by atoms with E-state index in [2.05, 4.69) is 6.58 Å². The summed E-state index contributed by atoms with van der Waals surface area (Å²) in [4.78, 5) is 10.5. The number of carboxylic acids is 1. The number of hydrogen-bond donors (Lipinski definition) is 2. The molecule has 0 fully saturated rings. The molecule has 0 aliphatic carbocycles. The Kier molecular flexibility index (Phi) is 2.76. The number of phenols is 1. The zero-order valence-electron chi connectivity index (χ0n) is 7.65. The van der Waals surface area contributed by atoms with Crippen molar-refractivity contribution in [3.8, 4) is 11.5 Å². The second-order valence-corrected chi connectivity index (χ2v) is 2.79. The fourth-order valence-corrected chi connectivity index (χ4v) is 0.924. The molecule has 0 heterocycles. The van der Waals surface area contributed by atoms with E-state index in [1.54, 1.807) is 6.92 Å². The number of ether oxygens (including phenoxy) is 1. The average molecular weight is 194 g/mol. The first kappa shape index (κ1) is 10.1. The largest absolute Gasteiger partial charge is 0.504 e. The van der Waals surface area contributed by atoms with E-state index in [9.17, 15) is 9.90 Å². The summed E-state index contributed by atoms with van der Waals surface area (Å²) in [6.45, 7) is 5.13. The zero-order chi connectivity index (χ0) is 10.7. The smallest absolute Gasteiger partial charge is 0.335 e. The molecule has 2 N–H and O–H groups in total. The number of aromatic carboxylic acids is 1. The van der Waals surface area contributed by atoms with Gasteiger partial charge in [-0.3, -0.25) is 0 Å². The van der Waals surface area contributed by atoms with Gasteiger partial charge in [0.2, 0.25) is 0 Å². The van der Waals surface area contributed by atoms with E-state index >= 15 is 0 Å². The fraction of sp³-hybridized carbons (Fsp3) is 0.100. The molecule has 0 radical (unpaired) electrons. The first-order chi connectivity index (χ1) is 6.50. The van der Waals surface area contributed by atoms with Crippen molar-refractivity contribution in [2.75, 3.05) is 0 Å². The van der Waals surface area contributed by atoms with Crippen LogP contribution in [0.2, 0.25) is 0 Å². The summed E-state index contributed by atoms with van der Waals surface area (Å²) in [5.41, 5.74) is 0.0107. The van der Waals surface area contributed by atoms with E-state index in [-0.39, 0.29) is 17.1 Å². The van der Waals surface area contributed by atoms with Gasteiger partial charge < -0.3 is 14.9 Å². The molecule has 0 bridgehead atoms. The lowest BCUT2D eigenvalue weighted by molar-refractivity contribution is 0.0696. The van der Waals surface area contributed by atoms with Crippen LogP contribution in [-0.4, -0.2) is 16.2 Å². The van der Waals surface area contributed by atoms with Gasteiger partial charge in [0.05, 0.1) is 11.3 Å². The van der Waals surface area contributed by atoms with Gasteiger partial charge in [-0.2, -0.15) is 0 Å². The van der Waals surface area contributed by atoms with E-state index in [1.807, 2.05) is 0 Å². The summed E-state index contributed by atoms with van der Waals surface area (Å²) in [5.74, 6) is -0.694. The van der Waals surface area contributed by atoms with Crippen LogP contribution in [0.4, 0.5) is 0 Å². The van der Waals surface area contributed by atoms with Crippen molar-refractivity contribution in [1.82, 2.24) is 0 Å². The van der Waals surface area contributed by atoms with E-state index in [0.717, 1.165) is 6.07 Å². The number of benzene rings is 1. The highest BCUT2D eigenvalue weighted by Gasteiger charge is 2.08. The van der Waals surface area contributed by atoms with Gasteiger partial charge in [0.1, 0.15) is 0 Å². The molecule has 0 spiro atoms. The van der Waals surface area contributed by atoms with Crippen LogP contribution >= 0.6 is 0 Å². The standard InChI is InChI=1S/C10H10O4/c1-6(2)14-9-4-3-7(10(12)13)5-8(9)11/h3-5,11H,1H2,2H3,(H,12,13). The lowest BCUT2D eigenvalue weighted by Crippen LogP contribution is -1.96. The molecule has 4 nitrogen and oxygen atoms in total. The van der Waals surface area contributed by atoms with Crippen LogP contribution in [0.1, 0.15) is 17.3 Å². The van der Waals surface area contributed by atoms with Gasteiger partial charge in [0, 0.05) is 0 Å². The summed E-state index contributed by atoms with van der Waals surface area (Å²) in [7, 11) is 0. The van der Waals surface area contributed by atoms with Crippen molar-refractivity contribution in [1.29, 1.82) is 0 Å². The van der Waals surface area contributed by atoms with Crippen molar-refractivity contribution >= 4 is 5.97 Å². The lowest BCUT2D eigenvalue weighted by atomic mass is 10.2. The Balaban J connectivity index is 3.01. The molecule has 0 saturated carbocycles. The van der Waals surface area contributed by atoms with Crippen molar-refractivity contribution in [2.24, 2.45) is 0 Å². The minimum absolute atomic E-state index is 0.0107. The quantitative estimate of drug-likeness (QED) is 0.722. The summed E-state index contributed by atoms with van der Waals surface area (Å²) >= 11 is 0. The SMILES string of the molecule is C=C(C)Oc1ccc(C(=O)O)cc1O. The van der Waals surface area contributed by atoms with Crippen LogP contribution in [0, 0.1) is 0 Å². The molecule has 0 aliphatic heterocycles. The third kappa shape index (κ3) is 2.26. The highest BCUT2D eigenvalue weighted by Crippen LogP contribution is 2.27. The first-order valence-corrected chi connectivity index (χ1v) is 3.90. The van der Waals surface area contributed by atoms with E-state index in [4.69, 9.17) is 9.84 Å². The van der Waals surface area contributed by atoms with Gasteiger partial charge in [-0.15, -0.1) is 0 Å². The lowest BCUT2D eigenvalue weighted by Gasteiger charge is -2.06. The van der Waals surface area contributed by atoms with Gasteiger partial charge in [0.15, 0.2) is 11.5 Å². The average Bonchev–Trinajstić information content (AvgIpc) is 2.07. The molecule has 0 amide bonds. The van der Waals surface area contributed by atoms with Gasteiger partial charge in [-0.1, -0.05) is 6.58 Å². The van der Waals surface area contributed by atoms with E-state index in [0.29, 0.717) is 5.76 Å². The second-order valence-electron chi connectivity index (χ2n) is 2.79. The maximum atomic E-state index is 10.5. The molecule has 1 aromatic rings. The number of carbonyl (C=O) groups is 1. The molecule has 1 rings (SSSR count). The molecule has 0 atom stereocenters. The van der Waals surface area contributed by atoms with E-state index < -0.39 is 5.97 Å². The molecule has 0 saturated heterocycles. The minimum atomic E-state index is -1.10. The third-order valence-corrected chi connectivity index (χ3v) is 1.49. The molecule has 14 heavy (non-hydrogen) atoms. The predicted octanol–water partition coefficient (Wildman–Crippen LogP) is 2.00. The van der Waals surface area contributed by atoms with Crippen LogP contribution in [0.5, 0.6) is 11.5 Å². The van der Waals surface area contributed by atoms with Crippen LogP contribution in [-0.2, 0) is 0 Å². The molecule has 4 heteroatoms. The van der Waals surface area contributed by atoms with Crippen LogP contribution in [0.15, 0.2) is 30.5 Å². The summed E-state index contributed by atoms with van der Waals surface area (Å²) in [6.07, 6.45) is 0. The van der Waals surface area contributed by atoms with Crippen molar-refractivity contribution in [3.05, 3.63) is 36.1 Å². The Labute approximate surface area is 81.1 Å². The van der Waals surface area contributed by atoms with Gasteiger partial charge >= 0.3 is 5.97 Å². The Bertz CT molecular complexity index is 382. The first-order valence-electron chi connectivity index (χ1n) is 3.90. The monoisotopic (exact) mass is 194 g/mol. The number of phenolic OH excluding ortho intramolecular Hbond substituents is 1. The highest BCUT2D eigenvalue weighted by atomic mass is 16.5. The maximum absolute atomic E-state index is 10.5. The minimum Gasteiger partial charge on any atom is -0.504 e. The summed E-state index contributed by atoms with van der Waals surface area (Å²) < 4.78 is 5.04. The number of aromatic hydroxyl groups is 1. The molecule has 0 aromatic heterocycles. The van der Waals surface area contributed by atoms with Gasteiger partial charge in [-0.25, -0.2) is 4.79 Å². The Hall–Kier alpha value is -1.97. The van der Waals surface area contributed by atoms with Crippen LogP contribution in [0.25, 0.3) is 0 Å². The molecule has 74 valence electrons. The molecule has 0 aliphatic rings. The third-order valence-electron chi connectivity index (χ3n) is 1.49. The predicted molar refractivity (Wildman–Crippen MR) is 50.5 cm³/mol.